The molecule has 2 rings (SSSR count). The molecule has 1 heterocycles. The van der Waals surface area contributed by atoms with Crippen molar-refractivity contribution in [3.05, 3.63) is 0 Å². The van der Waals surface area contributed by atoms with Crippen molar-refractivity contribution in [2.24, 2.45) is 16.3 Å². The van der Waals surface area contributed by atoms with Crippen molar-refractivity contribution in [3.63, 3.8) is 0 Å². The Balaban J connectivity index is 2.09. The van der Waals surface area contributed by atoms with Crippen LogP contribution in [0.15, 0.2) is 5.16 Å². The molecule has 6 heteroatoms. The van der Waals surface area contributed by atoms with Gasteiger partial charge in [-0.3, -0.25) is 4.79 Å². The molecule has 0 spiro atoms. The lowest BCUT2D eigenvalue weighted by atomic mass is 9.78. The lowest BCUT2D eigenvalue weighted by Crippen LogP contribution is -2.54. The van der Waals surface area contributed by atoms with E-state index in [1.165, 1.54) is 0 Å². The topological polar surface area (TPSA) is 96.9 Å². The van der Waals surface area contributed by atoms with Crippen LogP contribution < -0.4 is 11.1 Å². The average molecular weight is 255 g/mol. The average Bonchev–Trinajstić information content (AvgIpc) is 2.91. The van der Waals surface area contributed by atoms with E-state index >= 15 is 0 Å². The van der Waals surface area contributed by atoms with Gasteiger partial charge in [-0.2, -0.15) is 0 Å². The van der Waals surface area contributed by atoms with Gasteiger partial charge in [0.1, 0.15) is 5.41 Å². The Morgan fingerprint density at radius 2 is 1.94 bits per heavy atom. The molecule has 1 amide bonds. The number of rotatable bonds is 3. The number of carbonyl (C=O) groups excluding carboxylic acids is 1. The lowest BCUT2D eigenvalue weighted by molar-refractivity contribution is -0.132. The van der Waals surface area contributed by atoms with E-state index in [9.17, 15) is 4.79 Å². The number of oxime groups is 1. The van der Waals surface area contributed by atoms with Crippen molar-refractivity contribution in [2.75, 3.05) is 13.2 Å². The summed E-state index contributed by atoms with van der Waals surface area (Å²) in [7, 11) is 0. The molecule has 0 aromatic rings. The maximum atomic E-state index is 12.4. The number of nitrogens with two attached hydrogens (primary N) is 1. The number of amidine groups is 1. The van der Waals surface area contributed by atoms with Crippen LogP contribution in [0.1, 0.15) is 38.5 Å². The Labute approximate surface area is 107 Å². The van der Waals surface area contributed by atoms with E-state index in [-0.39, 0.29) is 17.8 Å². The molecule has 102 valence electrons. The number of nitrogens with one attached hydrogen (secondary N) is 1. The molecule has 0 aromatic carbocycles. The zero-order chi connectivity index (χ0) is 13.0. The molecule has 1 aliphatic carbocycles. The Hall–Kier alpha value is -1.30. The highest BCUT2D eigenvalue weighted by atomic mass is 16.5. The van der Waals surface area contributed by atoms with Crippen LogP contribution in [0.2, 0.25) is 0 Å². The number of ether oxygens (including phenoxy) is 1. The normalized spacial score (nSPS) is 25.0. The second-order valence-corrected chi connectivity index (χ2v) is 5.13. The van der Waals surface area contributed by atoms with Gasteiger partial charge in [-0.25, -0.2) is 0 Å². The number of nitrogens with zero attached hydrogens (tertiary/aromatic N) is 1. The molecule has 6 nitrogen and oxygen atoms in total. The standard InChI is InChI=1S/C12H21N3O3/c13-10(15-17)12(5-7-18-8-6-12)11(16)14-9-3-1-2-4-9/h9,17H,1-8H2,(H2,13,15)(H,14,16). The molecule has 1 aliphatic heterocycles. The van der Waals surface area contributed by atoms with Crippen molar-refractivity contribution >= 4 is 11.7 Å². The first-order valence-electron chi connectivity index (χ1n) is 6.56. The highest BCUT2D eigenvalue weighted by Gasteiger charge is 2.45. The maximum absolute atomic E-state index is 12.4. The number of carbonyl (C=O) groups is 1. The fraction of sp³-hybridized carbons (Fsp3) is 0.833. The maximum Gasteiger partial charge on any atom is 0.234 e. The largest absolute Gasteiger partial charge is 0.409 e. The summed E-state index contributed by atoms with van der Waals surface area (Å²) in [4.78, 5) is 12.4. The first-order valence-corrected chi connectivity index (χ1v) is 6.56. The molecule has 1 saturated heterocycles. The Morgan fingerprint density at radius 3 is 2.50 bits per heavy atom. The summed E-state index contributed by atoms with van der Waals surface area (Å²) in [6.45, 7) is 0.933. The molecule has 4 N–H and O–H groups in total. The Bertz CT molecular complexity index is 331. The van der Waals surface area contributed by atoms with Crippen LogP contribution in [0, 0.1) is 5.41 Å². The predicted molar refractivity (Wildman–Crippen MR) is 66.3 cm³/mol. The van der Waals surface area contributed by atoms with Gasteiger partial charge >= 0.3 is 0 Å². The zero-order valence-corrected chi connectivity index (χ0v) is 10.5. The molecule has 0 bridgehead atoms. The first-order chi connectivity index (χ1) is 8.69. The summed E-state index contributed by atoms with van der Waals surface area (Å²) in [5.74, 6) is -0.116. The molecule has 1 saturated carbocycles. The van der Waals surface area contributed by atoms with Gasteiger partial charge < -0.3 is 21.0 Å². The molecule has 0 aromatic heterocycles. The zero-order valence-electron chi connectivity index (χ0n) is 10.5. The summed E-state index contributed by atoms with van der Waals surface area (Å²) < 4.78 is 5.27. The van der Waals surface area contributed by atoms with Crippen molar-refractivity contribution in [3.8, 4) is 0 Å². The van der Waals surface area contributed by atoms with Crippen LogP contribution in [0.3, 0.4) is 0 Å². The van der Waals surface area contributed by atoms with Crippen molar-refractivity contribution in [2.45, 2.75) is 44.6 Å². The van der Waals surface area contributed by atoms with Gasteiger partial charge in [-0.05, 0) is 25.7 Å². The van der Waals surface area contributed by atoms with Gasteiger partial charge in [0.2, 0.25) is 5.91 Å². The second-order valence-electron chi connectivity index (χ2n) is 5.13. The Kier molecular flexibility index (Phi) is 4.06. The van der Waals surface area contributed by atoms with Crippen LogP contribution in [0.5, 0.6) is 0 Å². The molecule has 18 heavy (non-hydrogen) atoms. The van der Waals surface area contributed by atoms with E-state index < -0.39 is 5.41 Å². The molecule has 2 aliphatic rings. The van der Waals surface area contributed by atoms with Crippen molar-refractivity contribution < 1.29 is 14.7 Å². The Morgan fingerprint density at radius 1 is 1.33 bits per heavy atom. The smallest absolute Gasteiger partial charge is 0.234 e. The summed E-state index contributed by atoms with van der Waals surface area (Å²) in [5.41, 5.74) is 4.85. The monoisotopic (exact) mass is 255 g/mol. The van der Waals surface area contributed by atoms with E-state index in [0.717, 1.165) is 25.7 Å². The van der Waals surface area contributed by atoms with Crippen LogP contribution in [0.25, 0.3) is 0 Å². The van der Waals surface area contributed by atoms with Crippen LogP contribution in [-0.4, -0.2) is 36.2 Å². The summed E-state index contributed by atoms with van der Waals surface area (Å²) in [6, 6.07) is 0.240. The SMILES string of the molecule is NC(=NO)C1(C(=O)NC2CCCC2)CCOCC1. The van der Waals surface area contributed by atoms with Gasteiger partial charge in [0.25, 0.3) is 0 Å². The highest BCUT2D eigenvalue weighted by Crippen LogP contribution is 2.32. The van der Waals surface area contributed by atoms with Gasteiger partial charge in [-0.15, -0.1) is 0 Å². The lowest BCUT2D eigenvalue weighted by Gasteiger charge is -2.35. The third kappa shape index (κ3) is 2.43. The third-order valence-electron chi connectivity index (χ3n) is 4.07. The van der Waals surface area contributed by atoms with E-state index in [1.807, 2.05) is 0 Å². The fourth-order valence-electron chi connectivity index (χ4n) is 2.81. The summed E-state index contributed by atoms with van der Waals surface area (Å²) in [6.07, 6.45) is 5.31. The molecular formula is C12H21N3O3. The third-order valence-corrected chi connectivity index (χ3v) is 4.07. The molecule has 0 unspecified atom stereocenters. The summed E-state index contributed by atoms with van der Waals surface area (Å²) in [5, 5.41) is 15.0. The van der Waals surface area contributed by atoms with E-state index in [2.05, 4.69) is 10.5 Å². The van der Waals surface area contributed by atoms with E-state index in [4.69, 9.17) is 15.7 Å². The first kappa shape index (κ1) is 13.1. The number of amides is 1. The minimum Gasteiger partial charge on any atom is -0.409 e. The van der Waals surface area contributed by atoms with Gasteiger partial charge in [0.05, 0.1) is 0 Å². The van der Waals surface area contributed by atoms with Gasteiger partial charge in [-0.1, -0.05) is 18.0 Å². The minimum atomic E-state index is -0.893. The quantitative estimate of drug-likeness (QED) is 0.297. The van der Waals surface area contributed by atoms with Crippen LogP contribution in [-0.2, 0) is 9.53 Å². The van der Waals surface area contributed by atoms with Crippen molar-refractivity contribution in [1.82, 2.24) is 5.32 Å². The van der Waals surface area contributed by atoms with Crippen LogP contribution >= 0.6 is 0 Å². The molecule has 0 atom stereocenters. The van der Waals surface area contributed by atoms with E-state index in [0.29, 0.717) is 26.1 Å². The second kappa shape index (κ2) is 5.56. The number of hydrogen-bond donors (Lipinski definition) is 3. The minimum absolute atomic E-state index is 0.00120. The highest BCUT2D eigenvalue weighted by molar-refractivity contribution is 6.06. The van der Waals surface area contributed by atoms with Gasteiger partial charge in [0, 0.05) is 19.3 Å². The molecule has 2 fully saturated rings. The van der Waals surface area contributed by atoms with E-state index in [1.54, 1.807) is 0 Å². The molecular weight excluding hydrogens is 234 g/mol. The fourth-order valence-corrected chi connectivity index (χ4v) is 2.81. The summed E-state index contributed by atoms with van der Waals surface area (Å²) >= 11 is 0. The van der Waals surface area contributed by atoms with Crippen LogP contribution in [0.4, 0.5) is 0 Å². The van der Waals surface area contributed by atoms with Crippen molar-refractivity contribution in [1.29, 1.82) is 0 Å². The number of hydrogen-bond acceptors (Lipinski definition) is 4. The van der Waals surface area contributed by atoms with Gasteiger partial charge in [0.15, 0.2) is 5.84 Å². The predicted octanol–water partition coefficient (Wildman–Crippen LogP) is 0.588. The molecule has 0 radical (unpaired) electrons.